The molecule has 0 saturated carbocycles. The molecule has 0 bridgehead atoms. The lowest BCUT2D eigenvalue weighted by Crippen LogP contribution is -2.53. The predicted octanol–water partition coefficient (Wildman–Crippen LogP) is 8.01. The van der Waals surface area contributed by atoms with E-state index in [-0.39, 0.29) is 29.1 Å². The van der Waals surface area contributed by atoms with Gasteiger partial charge in [-0.3, -0.25) is 13.9 Å². The first-order chi connectivity index (χ1) is 22.4. The molecule has 0 radical (unpaired) electrons. The highest BCUT2D eigenvalue weighted by Gasteiger charge is 2.34. The fraction of sp³-hybridized carbons (Fsp3) is 0.278. The second-order valence-corrected chi connectivity index (χ2v) is 13.9. The van der Waals surface area contributed by atoms with E-state index in [9.17, 15) is 18.0 Å². The van der Waals surface area contributed by atoms with Crippen LogP contribution < -0.4 is 14.4 Å². The van der Waals surface area contributed by atoms with Gasteiger partial charge in [0.05, 0.1) is 20.6 Å². The molecule has 4 aromatic rings. The molecule has 248 valence electrons. The topological polar surface area (TPSA) is 96.0 Å². The highest BCUT2D eigenvalue weighted by molar-refractivity contribution is 7.92. The molecule has 1 N–H and O–H groups in total. The lowest BCUT2D eigenvalue weighted by atomic mass is 10.1. The van der Waals surface area contributed by atoms with Crippen molar-refractivity contribution in [1.82, 2.24) is 10.2 Å². The van der Waals surface area contributed by atoms with Crippen LogP contribution in [0.5, 0.6) is 11.5 Å². The number of rotatable bonds is 14. The Morgan fingerprint density at radius 2 is 1.47 bits per heavy atom. The molecule has 0 saturated heterocycles. The molecular formula is C36H39Cl2N3O5S. The van der Waals surface area contributed by atoms with Crippen LogP contribution in [0.3, 0.4) is 0 Å². The third-order valence-corrected chi connectivity index (χ3v) is 10.2. The summed E-state index contributed by atoms with van der Waals surface area (Å²) in [6.07, 6.45) is 1.00. The van der Waals surface area contributed by atoms with Crippen molar-refractivity contribution in [1.29, 1.82) is 0 Å². The van der Waals surface area contributed by atoms with Crippen molar-refractivity contribution in [2.24, 2.45) is 0 Å². The SMILES string of the molecule is CC[C@H](C(=O)N[C@@H](C)CC)N(Cc1ccc(Cl)c(Cl)c1)C(=O)CN(c1ccc(Oc2ccccc2)cc1)S(=O)(=O)c1ccc(C)cc1. The first kappa shape index (κ1) is 35.8. The summed E-state index contributed by atoms with van der Waals surface area (Å²) in [5.41, 5.74) is 1.78. The highest BCUT2D eigenvalue weighted by atomic mass is 35.5. The van der Waals surface area contributed by atoms with Crippen LogP contribution in [-0.4, -0.2) is 43.8 Å². The average molecular weight is 697 g/mol. The Labute approximate surface area is 287 Å². The van der Waals surface area contributed by atoms with Crippen LogP contribution >= 0.6 is 23.2 Å². The molecule has 0 heterocycles. The zero-order valence-corrected chi connectivity index (χ0v) is 29.1. The van der Waals surface area contributed by atoms with Gasteiger partial charge in [0.1, 0.15) is 24.1 Å². The molecule has 0 unspecified atom stereocenters. The molecule has 2 amide bonds. The number of nitrogens with one attached hydrogen (secondary N) is 1. The van der Waals surface area contributed by atoms with Crippen LogP contribution in [0.15, 0.2) is 102 Å². The Kier molecular flexibility index (Phi) is 12.3. The Morgan fingerprint density at radius 3 is 2.06 bits per heavy atom. The lowest BCUT2D eigenvalue weighted by molar-refractivity contribution is -0.140. The number of amides is 2. The minimum atomic E-state index is -4.23. The largest absolute Gasteiger partial charge is 0.457 e. The summed E-state index contributed by atoms with van der Waals surface area (Å²) in [5, 5.41) is 3.62. The Bertz CT molecular complexity index is 1770. The number of hydrogen-bond donors (Lipinski definition) is 1. The number of nitrogens with zero attached hydrogens (tertiary/aromatic N) is 2. The summed E-state index contributed by atoms with van der Waals surface area (Å²) in [4.78, 5) is 29.3. The number of carbonyl (C=O) groups excluding carboxylic acids is 2. The number of halogens is 2. The Morgan fingerprint density at radius 1 is 0.830 bits per heavy atom. The minimum absolute atomic E-state index is 0.00439. The van der Waals surface area contributed by atoms with Gasteiger partial charge in [-0.25, -0.2) is 8.42 Å². The molecule has 47 heavy (non-hydrogen) atoms. The number of ether oxygens (including phenoxy) is 1. The molecule has 0 aliphatic heterocycles. The first-order valence-corrected chi connectivity index (χ1v) is 17.6. The van der Waals surface area contributed by atoms with Gasteiger partial charge in [-0.05, 0) is 92.9 Å². The number of carbonyl (C=O) groups is 2. The van der Waals surface area contributed by atoms with Crippen LogP contribution in [0, 0.1) is 6.92 Å². The highest BCUT2D eigenvalue weighted by Crippen LogP contribution is 2.29. The summed E-state index contributed by atoms with van der Waals surface area (Å²) >= 11 is 12.4. The second-order valence-electron chi connectivity index (χ2n) is 11.2. The van der Waals surface area contributed by atoms with Gasteiger partial charge in [0, 0.05) is 12.6 Å². The molecule has 11 heteroatoms. The molecule has 4 aromatic carbocycles. The second kappa shape index (κ2) is 16.2. The monoisotopic (exact) mass is 695 g/mol. The van der Waals surface area contributed by atoms with Crippen LogP contribution in [-0.2, 0) is 26.2 Å². The fourth-order valence-corrected chi connectivity index (χ4v) is 6.60. The number of aryl methyl sites for hydroxylation is 1. The van der Waals surface area contributed by atoms with E-state index in [4.69, 9.17) is 27.9 Å². The first-order valence-electron chi connectivity index (χ1n) is 15.4. The van der Waals surface area contributed by atoms with Gasteiger partial charge in [-0.2, -0.15) is 0 Å². The third kappa shape index (κ3) is 9.28. The number of para-hydroxylation sites is 1. The van der Waals surface area contributed by atoms with Gasteiger partial charge < -0.3 is 15.0 Å². The van der Waals surface area contributed by atoms with E-state index in [0.29, 0.717) is 39.9 Å². The van der Waals surface area contributed by atoms with E-state index in [1.54, 1.807) is 54.6 Å². The number of sulfonamides is 1. The summed E-state index contributed by atoms with van der Waals surface area (Å²) in [6, 6.07) is 26.1. The minimum Gasteiger partial charge on any atom is -0.457 e. The van der Waals surface area contributed by atoms with E-state index < -0.39 is 28.5 Å². The number of benzene rings is 4. The van der Waals surface area contributed by atoms with Crippen molar-refractivity contribution in [2.45, 2.75) is 64.1 Å². The van der Waals surface area contributed by atoms with Crippen molar-refractivity contribution >= 4 is 50.7 Å². The van der Waals surface area contributed by atoms with Crippen molar-refractivity contribution in [2.75, 3.05) is 10.8 Å². The third-order valence-electron chi connectivity index (χ3n) is 7.72. The lowest BCUT2D eigenvalue weighted by Gasteiger charge is -2.33. The molecule has 0 aliphatic carbocycles. The average Bonchev–Trinajstić information content (AvgIpc) is 3.06. The van der Waals surface area contributed by atoms with E-state index >= 15 is 0 Å². The van der Waals surface area contributed by atoms with E-state index in [1.807, 2.05) is 58.0 Å². The van der Waals surface area contributed by atoms with Crippen molar-refractivity contribution in [3.63, 3.8) is 0 Å². The van der Waals surface area contributed by atoms with Crippen LogP contribution in [0.2, 0.25) is 10.0 Å². The molecule has 4 rings (SSSR count). The maximum absolute atomic E-state index is 14.3. The van der Waals surface area contributed by atoms with E-state index in [2.05, 4.69) is 5.32 Å². The van der Waals surface area contributed by atoms with Gasteiger partial charge in [-0.1, -0.05) is 79.0 Å². The number of hydrogen-bond acceptors (Lipinski definition) is 5. The molecule has 0 fully saturated rings. The van der Waals surface area contributed by atoms with Gasteiger partial charge >= 0.3 is 0 Å². The molecule has 0 aliphatic rings. The molecule has 0 aromatic heterocycles. The van der Waals surface area contributed by atoms with Gasteiger partial charge in [0.2, 0.25) is 11.8 Å². The van der Waals surface area contributed by atoms with Crippen molar-refractivity contribution < 1.29 is 22.7 Å². The molecule has 8 nitrogen and oxygen atoms in total. The van der Waals surface area contributed by atoms with Gasteiger partial charge in [0.15, 0.2) is 0 Å². The van der Waals surface area contributed by atoms with Gasteiger partial charge in [0.25, 0.3) is 10.0 Å². The van der Waals surface area contributed by atoms with Crippen molar-refractivity contribution in [3.05, 3.63) is 118 Å². The van der Waals surface area contributed by atoms with Gasteiger partial charge in [-0.15, -0.1) is 0 Å². The maximum Gasteiger partial charge on any atom is 0.264 e. The normalized spacial score (nSPS) is 12.6. The maximum atomic E-state index is 14.3. The van der Waals surface area contributed by atoms with E-state index in [0.717, 1.165) is 9.87 Å². The quantitative estimate of drug-likeness (QED) is 0.144. The Balaban J connectivity index is 1.74. The standard InChI is InChI=1S/C36H39Cl2N3O5S/c1-5-26(4)39-36(43)34(6-2)40(23-27-14-21-32(37)33(38)22-27)35(42)24-41(47(44,45)31-19-12-25(3)13-20-31)28-15-17-30(18-16-28)46-29-10-8-7-9-11-29/h7-22,26,34H,5-6,23-24H2,1-4H3,(H,39,43)/t26-,34+/m0/s1. The summed E-state index contributed by atoms with van der Waals surface area (Å²) in [7, 11) is -4.23. The van der Waals surface area contributed by atoms with Crippen LogP contribution in [0.25, 0.3) is 0 Å². The predicted molar refractivity (Wildman–Crippen MR) is 188 cm³/mol. The fourth-order valence-electron chi connectivity index (χ4n) is 4.87. The summed E-state index contributed by atoms with van der Waals surface area (Å²) in [6.45, 7) is 6.95. The van der Waals surface area contributed by atoms with Crippen LogP contribution in [0.4, 0.5) is 5.69 Å². The summed E-state index contributed by atoms with van der Waals surface area (Å²) in [5.74, 6) is 0.222. The zero-order chi connectivity index (χ0) is 34.1. The van der Waals surface area contributed by atoms with Crippen molar-refractivity contribution in [3.8, 4) is 11.5 Å². The zero-order valence-electron chi connectivity index (χ0n) is 26.8. The molecule has 2 atom stereocenters. The smallest absolute Gasteiger partial charge is 0.264 e. The Hall–Kier alpha value is -4.05. The number of anilines is 1. The molecular weight excluding hydrogens is 657 g/mol. The van der Waals surface area contributed by atoms with Crippen LogP contribution in [0.1, 0.15) is 44.7 Å². The molecule has 0 spiro atoms. The van der Waals surface area contributed by atoms with E-state index in [1.165, 1.54) is 17.0 Å². The summed E-state index contributed by atoms with van der Waals surface area (Å²) < 4.78 is 35.3.